The molecule has 1 nitrogen and oxygen atoms in total. The maximum absolute atomic E-state index is 12.8. The topological polar surface area (TPSA) is 17.1 Å². The van der Waals surface area contributed by atoms with Crippen LogP contribution in [0.5, 0.6) is 0 Å². The summed E-state index contributed by atoms with van der Waals surface area (Å²) >= 11 is 5.51. The van der Waals surface area contributed by atoms with Crippen LogP contribution >= 0.6 is 11.6 Å². The van der Waals surface area contributed by atoms with Gasteiger partial charge in [-0.3, -0.25) is 4.21 Å². The second-order valence-corrected chi connectivity index (χ2v) is 4.03. The van der Waals surface area contributed by atoms with E-state index in [2.05, 4.69) is 0 Å². The van der Waals surface area contributed by atoms with E-state index in [-0.39, 0.29) is 5.88 Å². The molecule has 0 N–H and O–H groups in total. The molecule has 0 bridgehead atoms. The molecular weight excluding hydrogens is 199 g/mol. The first-order valence-corrected chi connectivity index (χ1v) is 5.41. The van der Waals surface area contributed by atoms with Crippen molar-refractivity contribution >= 4 is 22.4 Å². The summed E-state index contributed by atoms with van der Waals surface area (Å²) in [5, 5.41) is 0. The van der Waals surface area contributed by atoms with Crippen LogP contribution in [0.3, 0.4) is 0 Å². The average Bonchev–Trinajstić information content (AvgIpc) is 2.03. The van der Waals surface area contributed by atoms with Gasteiger partial charge in [0.1, 0.15) is 5.82 Å². The first-order valence-electron chi connectivity index (χ1n) is 3.32. The van der Waals surface area contributed by atoms with Crippen LogP contribution in [-0.2, 0) is 16.7 Å². The Hall–Kier alpha value is -0.410. The molecule has 1 aromatic rings. The number of hydrogen-bond acceptors (Lipinski definition) is 1. The van der Waals surface area contributed by atoms with Gasteiger partial charge in [-0.05, 0) is 23.8 Å². The van der Waals surface area contributed by atoms with Crippen molar-refractivity contribution in [2.75, 3.05) is 6.26 Å². The number of benzene rings is 1. The standard InChI is InChI=1S/C8H8ClFOS/c1-12(11)8-3-6(5-9)2-7(10)4-8/h2-4H,5H2,1H3. The molecule has 12 heavy (non-hydrogen) atoms. The molecule has 4 heteroatoms. The lowest BCUT2D eigenvalue weighted by Gasteiger charge is -1.99. The van der Waals surface area contributed by atoms with Crippen molar-refractivity contribution in [2.24, 2.45) is 0 Å². The Morgan fingerprint density at radius 3 is 2.67 bits per heavy atom. The second-order valence-electron chi connectivity index (χ2n) is 2.38. The summed E-state index contributed by atoms with van der Waals surface area (Å²) in [5.74, 6) is -0.152. The van der Waals surface area contributed by atoms with Gasteiger partial charge in [0.15, 0.2) is 0 Å². The van der Waals surface area contributed by atoms with Crippen LogP contribution in [0.1, 0.15) is 5.56 Å². The van der Waals surface area contributed by atoms with Crippen LogP contribution in [0, 0.1) is 5.82 Å². The molecule has 0 radical (unpaired) electrons. The minimum absolute atomic E-state index is 0.238. The van der Waals surface area contributed by atoms with Crippen molar-refractivity contribution in [1.82, 2.24) is 0 Å². The molecule has 0 aliphatic carbocycles. The zero-order valence-electron chi connectivity index (χ0n) is 6.51. The van der Waals surface area contributed by atoms with Gasteiger partial charge in [0.05, 0.1) is 0 Å². The summed E-state index contributed by atoms with van der Waals surface area (Å²) in [6, 6.07) is 4.24. The fourth-order valence-corrected chi connectivity index (χ4v) is 1.61. The molecule has 0 saturated heterocycles. The van der Waals surface area contributed by atoms with Gasteiger partial charge in [0.2, 0.25) is 0 Å². The van der Waals surface area contributed by atoms with Crippen LogP contribution in [0.25, 0.3) is 0 Å². The van der Waals surface area contributed by atoms with Crippen molar-refractivity contribution in [3.63, 3.8) is 0 Å². The predicted octanol–water partition coefficient (Wildman–Crippen LogP) is 2.30. The highest BCUT2D eigenvalue weighted by molar-refractivity contribution is 7.84. The third kappa shape index (κ3) is 2.29. The molecule has 0 aliphatic heterocycles. The van der Waals surface area contributed by atoms with E-state index in [4.69, 9.17) is 11.6 Å². The first kappa shape index (κ1) is 9.68. The predicted molar refractivity (Wildman–Crippen MR) is 48.3 cm³/mol. The average molecular weight is 207 g/mol. The quantitative estimate of drug-likeness (QED) is 0.679. The molecule has 0 spiro atoms. The van der Waals surface area contributed by atoms with E-state index in [1.54, 1.807) is 6.07 Å². The summed E-state index contributed by atoms with van der Waals surface area (Å²) in [5.41, 5.74) is 0.655. The van der Waals surface area contributed by atoms with Gasteiger partial charge in [-0.1, -0.05) is 0 Å². The first-order chi connectivity index (χ1) is 5.63. The van der Waals surface area contributed by atoms with E-state index < -0.39 is 16.6 Å². The van der Waals surface area contributed by atoms with Crippen molar-refractivity contribution < 1.29 is 8.60 Å². The second kappa shape index (κ2) is 4.01. The molecule has 0 aliphatic rings. The van der Waals surface area contributed by atoms with Gasteiger partial charge in [-0.15, -0.1) is 11.6 Å². The van der Waals surface area contributed by atoms with Crippen molar-refractivity contribution in [2.45, 2.75) is 10.8 Å². The van der Waals surface area contributed by atoms with E-state index in [1.165, 1.54) is 18.4 Å². The smallest absolute Gasteiger partial charge is 0.124 e. The highest BCUT2D eigenvalue weighted by atomic mass is 35.5. The fourth-order valence-electron chi connectivity index (χ4n) is 0.864. The Bertz CT molecular complexity index is 314. The third-order valence-corrected chi connectivity index (χ3v) is 2.63. The van der Waals surface area contributed by atoms with Gasteiger partial charge in [-0.25, -0.2) is 4.39 Å². The van der Waals surface area contributed by atoms with Gasteiger partial charge in [0.25, 0.3) is 0 Å². The minimum Gasteiger partial charge on any atom is -0.255 e. The molecule has 0 aromatic heterocycles. The van der Waals surface area contributed by atoms with E-state index in [9.17, 15) is 8.60 Å². The molecule has 1 aromatic carbocycles. The molecule has 1 atom stereocenters. The highest BCUT2D eigenvalue weighted by Gasteiger charge is 2.02. The van der Waals surface area contributed by atoms with E-state index in [0.29, 0.717) is 10.5 Å². The van der Waals surface area contributed by atoms with E-state index in [0.717, 1.165) is 0 Å². The Kier molecular flexibility index (Phi) is 3.23. The maximum atomic E-state index is 12.8. The minimum atomic E-state index is -1.15. The van der Waals surface area contributed by atoms with Crippen LogP contribution in [0.15, 0.2) is 23.1 Å². The normalized spacial score (nSPS) is 12.9. The van der Waals surface area contributed by atoms with Gasteiger partial charge < -0.3 is 0 Å². The summed E-state index contributed by atoms with van der Waals surface area (Å²) in [6.07, 6.45) is 1.51. The summed E-state index contributed by atoms with van der Waals surface area (Å²) in [6.45, 7) is 0. The highest BCUT2D eigenvalue weighted by Crippen LogP contribution is 2.13. The van der Waals surface area contributed by atoms with Crippen molar-refractivity contribution in [1.29, 1.82) is 0 Å². The molecule has 0 heterocycles. The van der Waals surface area contributed by atoms with Crippen LogP contribution in [0.4, 0.5) is 4.39 Å². The Morgan fingerprint density at radius 2 is 2.17 bits per heavy atom. The molecule has 0 fully saturated rings. The van der Waals surface area contributed by atoms with E-state index >= 15 is 0 Å². The monoisotopic (exact) mass is 206 g/mol. The van der Waals surface area contributed by atoms with Gasteiger partial charge in [0, 0.05) is 27.8 Å². The molecule has 66 valence electrons. The summed E-state index contributed by atoms with van der Waals surface area (Å²) in [7, 11) is -1.15. The van der Waals surface area contributed by atoms with Crippen LogP contribution < -0.4 is 0 Å². The summed E-state index contributed by atoms with van der Waals surface area (Å²) in [4.78, 5) is 0.477. The number of hydrogen-bond donors (Lipinski definition) is 0. The van der Waals surface area contributed by atoms with Gasteiger partial charge >= 0.3 is 0 Å². The number of halogens is 2. The SMILES string of the molecule is CS(=O)c1cc(F)cc(CCl)c1. The fraction of sp³-hybridized carbons (Fsp3) is 0.250. The largest absolute Gasteiger partial charge is 0.255 e. The van der Waals surface area contributed by atoms with E-state index in [1.807, 2.05) is 0 Å². The molecule has 1 unspecified atom stereocenters. The van der Waals surface area contributed by atoms with Crippen LogP contribution in [-0.4, -0.2) is 10.5 Å². The van der Waals surface area contributed by atoms with Crippen LogP contribution in [0.2, 0.25) is 0 Å². The Labute approximate surface area is 78.0 Å². The number of alkyl halides is 1. The van der Waals surface area contributed by atoms with Gasteiger partial charge in [-0.2, -0.15) is 0 Å². The lowest BCUT2D eigenvalue weighted by molar-refractivity contribution is 0.621. The molecular formula is C8H8ClFOS. The molecule has 0 amide bonds. The lowest BCUT2D eigenvalue weighted by Crippen LogP contribution is -1.91. The molecule has 0 saturated carbocycles. The number of rotatable bonds is 2. The maximum Gasteiger partial charge on any atom is 0.124 e. The summed E-state index contributed by atoms with van der Waals surface area (Å²) < 4.78 is 23.7. The zero-order chi connectivity index (χ0) is 9.14. The zero-order valence-corrected chi connectivity index (χ0v) is 8.08. The van der Waals surface area contributed by atoms with Crippen molar-refractivity contribution in [3.8, 4) is 0 Å². The lowest BCUT2D eigenvalue weighted by atomic mass is 10.2. The molecule has 1 rings (SSSR count). The Balaban J connectivity index is 3.15. The Morgan fingerprint density at radius 1 is 1.50 bits per heavy atom. The third-order valence-electron chi connectivity index (χ3n) is 1.42. The van der Waals surface area contributed by atoms with Crippen molar-refractivity contribution in [3.05, 3.63) is 29.6 Å².